The zero-order valence-corrected chi connectivity index (χ0v) is 13.1. The van der Waals surface area contributed by atoms with Gasteiger partial charge >= 0.3 is 0 Å². The second-order valence-electron chi connectivity index (χ2n) is 5.89. The maximum absolute atomic E-state index is 5.92. The van der Waals surface area contributed by atoms with E-state index in [1.165, 1.54) is 12.8 Å². The van der Waals surface area contributed by atoms with E-state index in [0.29, 0.717) is 11.5 Å². The highest BCUT2D eigenvalue weighted by molar-refractivity contribution is 7.15. The van der Waals surface area contributed by atoms with Crippen LogP contribution in [0.4, 0.5) is 5.13 Å². The summed E-state index contributed by atoms with van der Waals surface area (Å²) in [5.74, 6) is 0. The zero-order valence-electron chi connectivity index (χ0n) is 12.3. The number of nitrogens with zero attached hydrogens (tertiary/aromatic N) is 3. The van der Waals surface area contributed by atoms with Gasteiger partial charge in [0, 0.05) is 19.7 Å². The van der Waals surface area contributed by atoms with E-state index in [0.717, 1.165) is 49.5 Å². The van der Waals surface area contributed by atoms with Gasteiger partial charge in [0.05, 0.1) is 19.3 Å². The van der Waals surface area contributed by atoms with Gasteiger partial charge in [-0.25, -0.2) is 0 Å². The number of anilines is 1. The minimum Gasteiger partial charge on any atom is -0.379 e. The number of aryl methyl sites for hydroxylation is 1. The van der Waals surface area contributed by atoms with Gasteiger partial charge in [0.15, 0.2) is 0 Å². The molecule has 20 heavy (non-hydrogen) atoms. The molecule has 3 heterocycles. The average molecular weight is 297 g/mol. The molecule has 1 aromatic rings. The molecule has 5 nitrogen and oxygen atoms in total. The number of hydrogen-bond donors (Lipinski definition) is 0. The van der Waals surface area contributed by atoms with E-state index in [1.54, 1.807) is 11.3 Å². The molecule has 2 saturated heterocycles. The molecule has 6 heteroatoms. The van der Waals surface area contributed by atoms with Crippen molar-refractivity contribution < 1.29 is 9.47 Å². The average Bonchev–Trinajstić information content (AvgIpc) is 3.05. The van der Waals surface area contributed by atoms with E-state index in [4.69, 9.17) is 9.47 Å². The molecular weight excluding hydrogens is 274 g/mol. The Kier molecular flexibility index (Phi) is 4.23. The Balaban J connectivity index is 1.53. The van der Waals surface area contributed by atoms with Crippen molar-refractivity contribution in [3.8, 4) is 0 Å². The summed E-state index contributed by atoms with van der Waals surface area (Å²) in [4.78, 5) is 2.37. The van der Waals surface area contributed by atoms with Crippen LogP contribution in [0.3, 0.4) is 0 Å². The van der Waals surface area contributed by atoms with Gasteiger partial charge in [-0.3, -0.25) is 0 Å². The fraction of sp³-hybridized carbons (Fsp3) is 0.857. The Morgan fingerprint density at radius 3 is 2.85 bits per heavy atom. The van der Waals surface area contributed by atoms with Crippen LogP contribution < -0.4 is 4.90 Å². The van der Waals surface area contributed by atoms with Crippen molar-refractivity contribution in [2.75, 3.05) is 37.8 Å². The van der Waals surface area contributed by atoms with Crippen molar-refractivity contribution in [2.45, 2.75) is 39.2 Å². The van der Waals surface area contributed by atoms with E-state index in [-0.39, 0.29) is 0 Å². The molecular formula is C14H23N3O2S. The van der Waals surface area contributed by atoms with Crippen LogP contribution >= 0.6 is 11.3 Å². The molecule has 1 unspecified atom stereocenters. The summed E-state index contributed by atoms with van der Waals surface area (Å²) < 4.78 is 11.4. The van der Waals surface area contributed by atoms with E-state index >= 15 is 0 Å². The van der Waals surface area contributed by atoms with Gasteiger partial charge < -0.3 is 14.4 Å². The monoisotopic (exact) mass is 297 g/mol. The maximum Gasteiger partial charge on any atom is 0.208 e. The van der Waals surface area contributed by atoms with Crippen molar-refractivity contribution in [1.82, 2.24) is 10.2 Å². The fourth-order valence-electron chi connectivity index (χ4n) is 3.19. The zero-order chi connectivity index (χ0) is 14.0. The first kappa shape index (κ1) is 14.2. The van der Waals surface area contributed by atoms with Crippen molar-refractivity contribution in [2.24, 2.45) is 5.41 Å². The lowest BCUT2D eigenvalue weighted by molar-refractivity contribution is 0.0183. The fourth-order valence-corrected chi connectivity index (χ4v) is 3.93. The van der Waals surface area contributed by atoms with E-state index < -0.39 is 0 Å². The number of ether oxygens (including phenoxy) is 2. The predicted molar refractivity (Wildman–Crippen MR) is 79.4 cm³/mol. The molecule has 0 amide bonds. The first-order valence-corrected chi connectivity index (χ1v) is 8.27. The van der Waals surface area contributed by atoms with Crippen LogP contribution in [0.15, 0.2) is 0 Å². The SMILES string of the molecule is CCOCC1CC2(CCN(c3nnc(C)s3)CC2)CO1. The summed E-state index contributed by atoms with van der Waals surface area (Å²) in [6, 6.07) is 0. The van der Waals surface area contributed by atoms with Gasteiger partial charge in [-0.05, 0) is 38.5 Å². The van der Waals surface area contributed by atoms with Gasteiger partial charge in [0.2, 0.25) is 5.13 Å². The molecule has 2 aliphatic rings. The standard InChI is InChI=1S/C14H23N3O2S/c1-3-18-9-12-8-14(10-19-12)4-6-17(7-5-14)13-16-15-11(2)20-13/h12H,3-10H2,1-2H3. The number of piperidine rings is 1. The molecule has 112 valence electrons. The third kappa shape index (κ3) is 2.97. The summed E-state index contributed by atoms with van der Waals surface area (Å²) in [7, 11) is 0. The molecule has 0 bridgehead atoms. The largest absolute Gasteiger partial charge is 0.379 e. The van der Waals surface area contributed by atoms with Crippen LogP contribution in [0, 0.1) is 12.3 Å². The minimum absolute atomic E-state index is 0.297. The van der Waals surface area contributed by atoms with Crippen molar-refractivity contribution in [3.05, 3.63) is 5.01 Å². The Labute approximate surface area is 124 Å². The molecule has 2 aliphatic heterocycles. The van der Waals surface area contributed by atoms with Crippen molar-refractivity contribution in [1.29, 1.82) is 0 Å². The summed E-state index contributed by atoms with van der Waals surface area (Å²) in [6.07, 6.45) is 3.82. The van der Waals surface area contributed by atoms with Crippen molar-refractivity contribution in [3.63, 3.8) is 0 Å². The molecule has 0 saturated carbocycles. The highest BCUT2D eigenvalue weighted by Gasteiger charge is 2.42. The number of rotatable bonds is 4. The smallest absolute Gasteiger partial charge is 0.208 e. The Hall–Kier alpha value is -0.720. The lowest BCUT2D eigenvalue weighted by atomic mass is 9.77. The second kappa shape index (κ2) is 5.95. The van der Waals surface area contributed by atoms with Gasteiger partial charge in [-0.15, -0.1) is 10.2 Å². The summed E-state index contributed by atoms with van der Waals surface area (Å²) >= 11 is 1.69. The van der Waals surface area contributed by atoms with Crippen LogP contribution in [0.25, 0.3) is 0 Å². The molecule has 0 radical (unpaired) electrons. The van der Waals surface area contributed by atoms with Gasteiger partial charge in [-0.1, -0.05) is 11.3 Å². The first-order chi connectivity index (χ1) is 9.71. The van der Waals surface area contributed by atoms with E-state index in [2.05, 4.69) is 15.1 Å². The molecule has 0 aliphatic carbocycles. The minimum atomic E-state index is 0.297. The van der Waals surface area contributed by atoms with Crippen LogP contribution in [0.2, 0.25) is 0 Å². The van der Waals surface area contributed by atoms with Gasteiger partial charge in [-0.2, -0.15) is 0 Å². The second-order valence-corrected chi connectivity index (χ2v) is 7.05. The summed E-state index contributed by atoms with van der Waals surface area (Å²) in [5.41, 5.74) is 0.373. The Morgan fingerprint density at radius 2 is 2.20 bits per heavy atom. The number of aromatic nitrogens is 2. The molecule has 1 atom stereocenters. The van der Waals surface area contributed by atoms with Gasteiger partial charge in [0.25, 0.3) is 0 Å². The third-order valence-corrected chi connectivity index (χ3v) is 5.30. The Morgan fingerprint density at radius 1 is 1.40 bits per heavy atom. The quantitative estimate of drug-likeness (QED) is 0.853. The topological polar surface area (TPSA) is 47.5 Å². The highest BCUT2D eigenvalue weighted by Crippen LogP contribution is 2.43. The molecule has 1 aromatic heterocycles. The molecule has 3 rings (SSSR count). The summed E-state index contributed by atoms with van der Waals surface area (Å²) in [6.45, 7) is 8.60. The first-order valence-electron chi connectivity index (χ1n) is 7.45. The molecule has 2 fully saturated rings. The Bertz CT molecular complexity index is 443. The van der Waals surface area contributed by atoms with E-state index in [9.17, 15) is 0 Å². The van der Waals surface area contributed by atoms with Crippen LogP contribution in [-0.4, -0.2) is 49.2 Å². The number of hydrogen-bond acceptors (Lipinski definition) is 6. The molecule has 0 N–H and O–H groups in total. The predicted octanol–water partition coefficient (Wildman–Crippen LogP) is 2.26. The lowest BCUT2D eigenvalue weighted by Crippen LogP contribution is -2.40. The molecule has 1 spiro atoms. The van der Waals surface area contributed by atoms with Crippen LogP contribution in [-0.2, 0) is 9.47 Å². The van der Waals surface area contributed by atoms with Crippen LogP contribution in [0.5, 0.6) is 0 Å². The van der Waals surface area contributed by atoms with Gasteiger partial charge in [0.1, 0.15) is 5.01 Å². The summed E-state index contributed by atoms with van der Waals surface area (Å²) in [5, 5.41) is 10.5. The molecule has 0 aromatic carbocycles. The van der Waals surface area contributed by atoms with Crippen LogP contribution in [0.1, 0.15) is 31.2 Å². The maximum atomic E-state index is 5.92. The van der Waals surface area contributed by atoms with E-state index in [1.807, 2.05) is 13.8 Å². The normalized spacial score (nSPS) is 25.5. The van der Waals surface area contributed by atoms with Crippen molar-refractivity contribution >= 4 is 16.5 Å². The lowest BCUT2D eigenvalue weighted by Gasteiger charge is -2.38. The highest BCUT2D eigenvalue weighted by atomic mass is 32.1. The third-order valence-electron chi connectivity index (χ3n) is 4.40.